The summed E-state index contributed by atoms with van der Waals surface area (Å²) in [4.78, 5) is 27.1. The molecule has 0 unspecified atom stereocenters. The fraction of sp³-hybridized carbons (Fsp3) is 0.200. The SMILES string of the molecule is O=C1NCCN(C(=O)c2cccc(F)c2)C[C@@H]1Cc1cccc(-c2ccccc2)c1. The predicted octanol–water partition coefficient (Wildman–Crippen LogP) is 3.92. The highest BCUT2D eigenvalue weighted by molar-refractivity contribution is 5.95. The second-order valence-corrected chi connectivity index (χ2v) is 7.52. The highest BCUT2D eigenvalue weighted by Crippen LogP contribution is 2.22. The van der Waals surface area contributed by atoms with Crippen molar-refractivity contribution in [2.24, 2.45) is 5.92 Å². The maximum absolute atomic E-state index is 13.5. The van der Waals surface area contributed by atoms with E-state index in [1.165, 1.54) is 18.2 Å². The molecular weight excluding hydrogens is 379 g/mol. The third kappa shape index (κ3) is 4.57. The zero-order valence-electron chi connectivity index (χ0n) is 16.6. The number of benzene rings is 3. The number of halogens is 1. The molecule has 0 aromatic heterocycles. The third-order valence-corrected chi connectivity index (χ3v) is 5.37. The number of nitrogens with one attached hydrogen (secondary N) is 1. The van der Waals surface area contributed by atoms with Crippen molar-refractivity contribution >= 4 is 11.8 Å². The second kappa shape index (κ2) is 8.91. The van der Waals surface area contributed by atoms with Crippen LogP contribution in [0.5, 0.6) is 0 Å². The minimum Gasteiger partial charge on any atom is -0.354 e. The molecule has 1 fully saturated rings. The maximum atomic E-state index is 13.5. The molecule has 1 N–H and O–H groups in total. The molecule has 4 nitrogen and oxygen atoms in total. The number of hydrogen-bond acceptors (Lipinski definition) is 2. The van der Waals surface area contributed by atoms with Crippen LogP contribution < -0.4 is 5.32 Å². The van der Waals surface area contributed by atoms with Gasteiger partial charge in [-0.3, -0.25) is 9.59 Å². The van der Waals surface area contributed by atoms with Crippen molar-refractivity contribution in [3.05, 3.63) is 95.8 Å². The van der Waals surface area contributed by atoms with E-state index in [1.54, 1.807) is 11.0 Å². The second-order valence-electron chi connectivity index (χ2n) is 7.52. The molecule has 5 heteroatoms. The minimum atomic E-state index is -0.445. The first-order valence-corrected chi connectivity index (χ1v) is 10.1. The number of carbonyl (C=O) groups excluding carboxylic acids is 2. The third-order valence-electron chi connectivity index (χ3n) is 5.37. The van der Waals surface area contributed by atoms with Crippen LogP contribution in [0.4, 0.5) is 4.39 Å². The number of hydrogen-bond donors (Lipinski definition) is 1. The average Bonchev–Trinajstić information content (AvgIpc) is 2.95. The van der Waals surface area contributed by atoms with Gasteiger partial charge in [0, 0.05) is 25.2 Å². The average molecular weight is 402 g/mol. The lowest BCUT2D eigenvalue weighted by atomic mass is 9.95. The largest absolute Gasteiger partial charge is 0.354 e. The van der Waals surface area contributed by atoms with Gasteiger partial charge < -0.3 is 10.2 Å². The number of nitrogens with zero attached hydrogens (tertiary/aromatic N) is 1. The van der Waals surface area contributed by atoms with E-state index in [9.17, 15) is 14.0 Å². The molecule has 0 saturated carbocycles. The summed E-state index contributed by atoms with van der Waals surface area (Å²) in [5, 5.41) is 2.90. The lowest BCUT2D eigenvalue weighted by Gasteiger charge is -2.23. The predicted molar refractivity (Wildman–Crippen MR) is 114 cm³/mol. The molecule has 0 spiro atoms. The molecule has 0 bridgehead atoms. The Kier molecular flexibility index (Phi) is 5.89. The molecule has 1 atom stereocenters. The van der Waals surface area contributed by atoms with Crippen LogP contribution in [0.3, 0.4) is 0 Å². The van der Waals surface area contributed by atoms with Crippen LogP contribution in [0.25, 0.3) is 11.1 Å². The van der Waals surface area contributed by atoms with Crippen molar-refractivity contribution in [3.8, 4) is 11.1 Å². The van der Waals surface area contributed by atoms with Crippen LogP contribution >= 0.6 is 0 Å². The van der Waals surface area contributed by atoms with E-state index in [1.807, 2.05) is 36.4 Å². The van der Waals surface area contributed by atoms with Gasteiger partial charge in [0.05, 0.1) is 5.92 Å². The summed E-state index contributed by atoms with van der Waals surface area (Å²) >= 11 is 0. The first-order valence-electron chi connectivity index (χ1n) is 10.1. The Bertz CT molecular complexity index is 1050. The monoisotopic (exact) mass is 402 g/mol. The highest BCUT2D eigenvalue weighted by Gasteiger charge is 2.28. The Balaban J connectivity index is 1.53. The van der Waals surface area contributed by atoms with E-state index in [0.29, 0.717) is 31.6 Å². The van der Waals surface area contributed by atoms with Gasteiger partial charge in [0.15, 0.2) is 0 Å². The number of carbonyl (C=O) groups is 2. The van der Waals surface area contributed by atoms with Gasteiger partial charge in [0.25, 0.3) is 5.91 Å². The van der Waals surface area contributed by atoms with Crippen molar-refractivity contribution in [1.82, 2.24) is 10.2 Å². The molecule has 0 aliphatic carbocycles. The van der Waals surface area contributed by atoms with E-state index in [4.69, 9.17) is 0 Å². The Hall–Kier alpha value is -3.47. The normalized spacial score (nSPS) is 16.6. The fourth-order valence-corrected chi connectivity index (χ4v) is 3.84. The molecular formula is C25H23FN2O2. The van der Waals surface area contributed by atoms with Gasteiger partial charge in [-0.2, -0.15) is 0 Å². The first-order chi connectivity index (χ1) is 14.6. The fourth-order valence-electron chi connectivity index (χ4n) is 3.84. The van der Waals surface area contributed by atoms with Gasteiger partial charge in [-0.25, -0.2) is 4.39 Å². The van der Waals surface area contributed by atoms with E-state index in [0.717, 1.165) is 16.7 Å². The van der Waals surface area contributed by atoms with Gasteiger partial charge in [0.1, 0.15) is 5.82 Å². The van der Waals surface area contributed by atoms with Crippen molar-refractivity contribution in [1.29, 1.82) is 0 Å². The molecule has 2 amide bonds. The molecule has 1 aliphatic heterocycles. The van der Waals surface area contributed by atoms with Gasteiger partial charge in [-0.15, -0.1) is 0 Å². The summed E-state index contributed by atoms with van der Waals surface area (Å²) in [6.07, 6.45) is 0.527. The Morgan fingerprint density at radius 1 is 0.967 bits per heavy atom. The summed E-state index contributed by atoms with van der Waals surface area (Å²) < 4.78 is 13.5. The number of rotatable bonds is 4. The van der Waals surface area contributed by atoms with Crippen molar-refractivity contribution in [2.45, 2.75) is 6.42 Å². The van der Waals surface area contributed by atoms with Gasteiger partial charge >= 0.3 is 0 Å². The Morgan fingerprint density at radius 3 is 2.53 bits per heavy atom. The van der Waals surface area contributed by atoms with Crippen LogP contribution in [0.1, 0.15) is 15.9 Å². The van der Waals surface area contributed by atoms with Crippen molar-refractivity contribution in [2.75, 3.05) is 19.6 Å². The van der Waals surface area contributed by atoms with E-state index < -0.39 is 5.82 Å². The van der Waals surface area contributed by atoms with Crippen LogP contribution in [-0.2, 0) is 11.2 Å². The summed E-state index contributed by atoms with van der Waals surface area (Å²) in [6.45, 7) is 1.10. The molecule has 3 aromatic carbocycles. The zero-order chi connectivity index (χ0) is 20.9. The summed E-state index contributed by atoms with van der Waals surface area (Å²) in [7, 11) is 0. The maximum Gasteiger partial charge on any atom is 0.254 e. The first kappa shape index (κ1) is 19.8. The summed E-state index contributed by atoms with van der Waals surface area (Å²) in [5.41, 5.74) is 3.55. The molecule has 152 valence electrons. The smallest absolute Gasteiger partial charge is 0.254 e. The van der Waals surface area contributed by atoms with Crippen LogP contribution in [0.15, 0.2) is 78.9 Å². The lowest BCUT2D eigenvalue weighted by molar-refractivity contribution is -0.124. The molecule has 0 radical (unpaired) electrons. The lowest BCUT2D eigenvalue weighted by Crippen LogP contribution is -2.37. The molecule has 1 saturated heterocycles. The highest BCUT2D eigenvalue weighted by atomic mass is 19.1. The van der Waals surface area contributed by atoms with Gasteiger partial charge in [0.2, 0.25) is 5.91 Å². The Morgan fingerprint density at radius 2 is 1.73 bits per heavy atom. The standard InChI is InChI=1S/C25H23FN2O2/c26-23-11-5-10-21(16-23)25(30)28-13-12-27-24(29)22(17-28)15-18-6-4-9-20(14-18)19-7-2-1-3-8-19/h1-11,14,16,22H,12-13,15,17H2,(H,27,29)/t22-/m0/s1. The Labute approximate surface area is 175 Å². The molecule has 4 rings (SSSR count). The molecule has 3 aromatic rings. The minimum absolute atomic E-state index is 0.0605. The van der Waals surface area contributed by atoms with Crippen LogP contribution in [0.2, 0.25) is 0 Å². The van der Waals surface area contributed by atoms with Crippen molar-refractivity contribution in [3.63, 3.8) is 0 Å². The summed E-state index contributed by atoms with van der Waals surface area (Å²) in [6, 6.07) is 23.9. The van der Waals surface area contributed by atoms with Crippen molar-refractivity contribution < 1.29 is 14.0 Å². The van der Waals surface area contributed by atoms with Gasteiger partial charge in [-0.1, -0.05) is 60.7 Å². The quantitative estimate of drug-likeness (QED) is 0.719. The zero-order valence-corrected chi connectivity index (χ0v) is 16.6. The van der Waals surface area contributed by atoms with E-state index in [2.05, 4.69) is 23.5 Å². The molecule has 1 aliphatic rings. The van der Waals surface area contributed by atoms with Gasteiger partial charge in [-0.05, 0) is 41.3 Å². The van der Waals surface area contributed by atoms with Crippen LogP contribution in [0, 0.1) is 11.7 Å². The molecule has 30 heavy (non-hydrogen) atoms. The topological polar surface area (TPSA) is 49.4 Å². The van der Waals surface area contributed by atoms with E-state index in [-0.39, 0.29) is 17.7 Å². The summed E-state index contributed by atoms with van der Waals surface area (Å²) in [5.74, 6) is -1.13. The van der Waals surface area contributed by atoms with E-state index >= 15 is 0 Å². The number of amides is 2. The molecule has 1 heterocycles. The van der Waals surface area contributed by atoms with Crippen LogP contribution in [-0.4, -0.2) is 36.3 Å².